The summed E-state index contributed by atoms with van der Waals surface area (Å²) in [6.07, 6.45) is 1.40. The number of anilines is 1. The average Bonchev–Trinajstić information content (AvgIpc) is 2.26. The predicted octanol–water partition coefficient (Wildman–Crippen LogP) is 1.90. The summed E-state index contributed by atoms with van der Waals surface area (Å²) in [5, 5.41) is 18.2. The van der Waals surface area contributed by atoms with Gasteiger partial charge in [-0.25, -0.2) is 4.39 Å². The molecule has 0 heterocycles. The highest BCUT2D eigenvalue weighted by Crippen LogP contribution is 2.30. The van der Waals surface area contributed by atoms with E-state index in [4.69, 9.17) is 5.26 Å². The maximum absolute atomic E-state index is 13.4. The van der Waals surface area contributed by atoms with E-state index in [-0.39, 0.29) is 11.7 Å². The van der Waals surface area contributed by atoms with Crippen molar-refractivity contribution in [3.05, 3.63) is 29.6 Å². The number of nitriles is 1. The zero-order valence-corrected chi connectivity index (χ0v) is 9.73. The molecule has 1 fully saturated rings. The van der Waals surface area contributed by atoms with Crippen molar-refractivity contribution in [2.45, 2.75) is 18.9 Å². The van der Waals surface area contributed by atoms with Crippen LogP contribution in [0.2, 0.25) is 0 Å². The quantitative estimate of drug-likeness (QED) is 0.869. The fraction of sp³-hybridized carbons (Fsp3) is 0.462. The lowest BCUT2D eigenvalue weighted by molar-refractivity contribution is 0.0465. The highest BCUT2D eigenvalue weighted by molar-refractivity contribution is 5.59. The topological polar surface area (TPSA) is 47.3 Å². The van der Waals surface area contributed by atoms with Crippen LogP contribution in [0.1, 0.15) is 18.4 Å². The highest BCUT2D eigenvalue weighted by Gasteiger charge is 2.28. The number of aliphatic hydroxyl groups excluding tert-OH is 1. The average molecular weight is 234 g/mol. The van der Waals surface area contributed by atoms with Crippen LogP contribution >= 0.6 is 0 Å². The molecule has 3 nitrogen and oxygen atoms in total. The van der Waals surface area contributed by atoms with Crippen LogP contribution in [-0.2, 0) is 0 Å². The third-order valence-corrected chi connectivity index (χ3v) is 3.26. The molecule has 1 aromatic carbocycles. The summed E-state index contributed by atoms with van der Waals surface area (Å²) in [6.45, 7) is 0.745. The minimum atomic E-state index is -0.481. The van der Waals surface area contributed by atoms with Crippen molar-refractivity contribution >= 4 is 5.69 Å². The van der Waals surface area contributed by atoms with Gasteiger partial charge in [0.2, 0.25) is 0 Å². The first kappa shape index (κ1) is 11.9. The fourth-order valence-corrected chi connectivity index (χ4v) is 2.28. The molecule has 1 aliphatic carbocycles. The van der Waals surface area contributed by atoms with Gasteiger partial charge in [-0.3, -0.25) is 0 Å². The summed E-state index contributed by atoms with van der Waals surface area (Å²) in [6, 6.07) is 6.55. The van der Waals surface area contributed by atoms with Gasteiger partial charge in [-0.15, -0.1) is 0 Å². The lowest BCUT2D eigenvalue weighted by atomic mass is 9.82. The van der Waals surface area contributed by atoms with Crippen LogP contribution in [0.4, 0.5) is 10.1 Å². The van der Waals surface area contributed by atoms with E-state index in [0.29, 0.717) is 11.6 Å². The van der Waals surface area contributed by atoms with Crippen molar-refractivity contribution in [1.29, 1.82) is 5.26 Å². The van der Waals surface area contributed by atoms with Gasteiger partial charge in [0.25, 0.3) is 0 Å². The van der Waals surface area contributed by atoms with Crippen LogP contribution in [-0.4, -0.2) is 24.8 Å². The van der Waals surface area contributed by atoms with Gasteiger partial charge in [0.15, 0.2) is 0 Å². The summed E-state index contributed by atoms with van der Waals surface area (Å²) in [5.74, 6) is -0.0460. The van der Waals surface area contributed by atoms with E-state index in [2.05, 4.69) is 0 Å². The second-order valence-corrected chi connectivity index (χ2v) is 4.62. The molecule has 1 N–H and O–H groups in total. The summed E-state index contributed by atoms with van der Waals surface area (Å²) >= 11 is 0. The highest BCUT2D eigenvalue weighted by atomic mass is 19.1. The van der Waals surface area contributed by atoms with E-state index in [1.807, 2.05) is 18.0 Å². The maximum Gasteiger partial charge on any atom is 0.143 e. The van der Waals surface area contributed by atoms with Gasteiger partial charge in [0.05, 0.1) is 11.8 Å². The summed E-state index contributed by atoms with van der Waals surface area (Å²) in [7, 11) is 1.85. The minimum absolute atomic E-state index is 0.0925. The van der Waals surface area contributed by atoms with E-state index in [1.165, 1.54) is 6.07 Å². The molecule has 0 aromatic heterocycles. The van der Waals surface area contributed by atoms with Gasteiger partial charge >= 0.3 is 0 Å². The molecule has 0 amide bonds. The van der Waals surface area contributed by atoms with Crippen molar-refractivity contribution in [3.63, 3.8) is 0 Å². The second-order valence-electron chi connectivity index (χ2n) is 4.62. The maximum atomic E-state index is 13.4. The van der Waals surface area contributed by atoms with E-state index in [9.17, 15) is 9.50 Å². The van der Waals surface area contributed by atoms with Crippen LogP contribution in [0.25, 0.3) is 0 Å². The Labute approximate surface area is 100 Å². The minimum Gasteiger partial charge on any atom is -0.393 e. The third kappa shape index (κ3) is 2.40. The van der Waals surface area contributed by atoms with Crippen molar-refractivity contribution in [2.24, 2.45) is 5.92 Å². The summed E-state index contributed by atoms with van der Waals surface area (Å²) in [5.41, 5.74) is 0.712. The Morgan fingerprint density at radius 1 is 1.53 bits per heavy atom. The zero-order valence-electron chi connectivity index (χ0n) is 9.73. The molecule has 4 heteroatoms. The van der Waals surface area contributed by atoms with Gasteiger partial charge in [-0.2, -0.15) is 5.26 Å². The first-order chi connectivity index (χ1) is 8.11. The molecular formula is C13H15FN2O. The zero-order chi connectivity index (χ0) is 12.4. The molecule has 0 unspecified atom stereocenters. The molecule has 1 aromatic rings. The molecule has 0 atom stereocenters. The SMILES string of the molecule is CN(CC1CC(O)C1)c1cccc(F)c1C#N. The molecule has 90 valence electrons. The Kier molecular flexibility index (Phi) is 3.30. The molecule has 17 heavy (non-hydrogen) atoms. The van der Waals surface area contributed by atoms with Crippen LogP contribution in [0, 0.1) is 23.1 Å². The normalized spacial score (nSPS) is 22.7. The first-order valence-electron chi connectivity index (χ1n) is 5.69. The Morgan fingerprint density at radius 2 is 2.24 bits per heavy atom. The number of nitrogens with zero attached hydrogens (tertiary/aromatic N) is 2. The Hall–Kier alpha value is -1.60. The largest absolute Gasteiger partial charge is 0.393 e. The Bertz CT molecular complexity index is 449. The number of benzene rings is 1. The molecule has 0 bridgehead atoms. The number of hydrogen-bond acceptors (Lipinski definition) is 3. The van der Waals surface area contributed by atoms with Crippen molar-refractivity contribution < 1.29 is 9.50 Å². The smallest absolute Gasteiger partial charge is 0.143 e. The predicted molar refractivity (Wildman–Crippen MR) is 63.1 cm³/mol. The van der Waals surface area contributed by atoms with Gasteiger partial charge in [0.1, 0.15) is 17.4 Å². The van der Waals surface area contributed by atoms with E-state index >= 15 is 0 Å². The van der Waals surface area contributed by atoms with Crippen molar-refractivity contribution in [2.75, 3.05) is 18.5 Å². The fourth-order valence-electron chi connectivity index (χ4n) is 2.28. The molecule has 0 aliphatic heterocycles. The van der Waals surface area contributed by atoms with Gasteiger partial charge in [-0.1, -0.05) is 6.07 Å². The van der Waals surface area contributed by atoms with Crippen LogP contribution in [0.5, 0.6) is 0 Å². The molecular weight excluding hydrogens is 219 g/mol. The van der Waals surface area contributed by atoms with Gasteiger partial charge in [-0.05, 0) is 30.9 Å². The van der Waals surface area contributed by atoms with Crippen molar-refractivity contribution in [3.8, 4) is 6.07 Å². The number of halogens is 1. The monoisotopic (exact) mass is 234 g/mol. The van der Waals surface area contributed by atoms with Crippen molar-refractivity contribution in [1.82, 2.24) is 0 Å². The molecule has 1 saturated carbocycles. The molecule has 0 radical (unpaired) electrons. The lowest BCUT2D eigenvalue weighted by Gasteiger charge is -2.35. The molecule has 0 spiro atoms. The number of aliphatic hydroxyl groups is 1. The Morgan fingerprint density at radius 3 is 2.82 bits per heavy atom. The lowest BCUT2D eigenvalue weighted by Crippen LogP contribution is -2.37. The van der Waals surface area contributed by atoms with Crippen LogP contribution < -0.4 is 4.90 Å². The van der Waals surface area contributed by atoms with Crippen LogP contribution in [0.15, 0.2) is 18.2 Å². The third-order valence-electron chi connectivity index (χ3n) is 3.26. The summed E-state index contributed by atoms with van der Waals surface area (Å²) < 4.78 is 13.4. The second kappa shape index (κ2) is 4.72. The standard InChI is InChI=1S/C13H15FN2O/c1-16(8-9-5-10(17)6-9)13-4-2-3-12(14)11(13)7-15/h2-4,9-10,17H,5-6,8H2,1H3. The van der Waals surface area contributed by atoms with Crippen LogP contribution in [0.3, 0.4) is 0 Å². The summed E-state index contributed by atoms with van der Waals surface area (Å²) in [4.78, 5) is 1.89. The number of rotatable bonds is 3. The van der Waals surface area contributed by atoms with E-state index < -0.39 is 5.82 Å². The molecule has 2 rings (SSSR count). The molecule has 1 aliphatic rings. The van der Waals surface area contributed by atoms with Gasteiger partial charge < -0.3 is 10.0 Å². The molecule has 0 saturated heterocycles. The Balaban J connectivity index is 2.11. The van der Waals surface area contributed by atoms with E-state index in [1.54, 1.807) is 12.1 Å². The first-order valence-corrected chi connectivity index (χ1v) is 5.69. The van der Waals surface area contributed by atoms with Gasteiger partial charge in [0, 0.05) is 13.6 Å². The number of hydrogen-bond donors (Lipinski definition) is 1. The van der Waals surface area contributed by atoms with E-state index in [0.717, 1.165) is 19.4 Å².